The molecular formula is C15H26O5. The molecule has 3 rings (SSSR count). The highest BCUT2D eigenvalue weighted by molar-refractivity contribution is 5.06. The third-order valence-corrected chi connectivity index (χ3v) is 5.81. The van der Waals surface area contributed by atoms with Crippen molar-refractivity contribution in [2.24, 2.45) is 23.7 Å². The lowest BCUT2D eigenvalue weighted by Crippen LogP contribution is -2.66. The second-order valence-electron chi connectivity index (χ2n) is 7.20. The molecule has 2 saturated heterocycles. The topological polar surface area (TPSA) is 79.2 Å². The van der Waals surface area contributed by atoms with Gasteiger partial charge in [0.15, 0.2) is 18.4 Å². The summed E-state index contributed by atoms with van der Waals surface area (Å²) in [7, 11) is 0. The molecule has 4 unspecified atom stereocenters. The van der Waals surface area contributed by atoms with Crippen LogP contribution in [0.1, 0.15) is 46.5 Å². The SMILES string of the molecule is C[C@@H]1CC[C@H]2[C@@H](C)C(O)OC3OC(C)(O)CC[C@@H]1C32O. The number of hydrogen-bond acceptors (Lipinski definition) is 5. The summed E-state index contributed by atoms with van der Waals surface area (Å²) < 4.78 is 11.2. The number of ether oxygens (including phenoxy) is 2. The van der Waals surface area contributed by atoms with E-state index < -0.39 is 24.0 Å². The van der Waals surface area contributed by atoms with Crippen LogP contribution in [0.3, 0.4) is 0 Å². The first-order valence-electron chi connectivity index (χ1n) is 7.72. The van der Waals surface area contributed by atoms with Crippen LogP contribution in [0.2, 0.25) is 0 Å². The molecular weight excluding hydrogens is 260 g/mol. The monoisotopic (exact) mass is 286 g/mol. The minimum absolute atomic E-state index is 0.0372. The van der Waals surface area contributed by atoms with Crippen LogP contribution in [0.15, 0.2) is 0 Å². The van der Waals surface area contributed by atoms with Crippen molar-refractivity contribution in [3.63, 3.8) is 0 Å². The Hall–Kier alpha value is -0.200. The van der Waals surface area contributed by atoms with Crippen molar-refractivity contribution in [3.05, 3.63) is 0 Å². The Labute approximate surface area is 119 Å². The third-order valence-electron chi connectivity index (χ3n) is 5.81. The van der Waals surface area contributed by atoms with Crippen molar-refractivity contribution >= 4 is 0 Å². The van der Waals surface area contributed by atoms with E-state index in [1.807, 2.05) is 6.92 Å². The Morgan fingerprint density at radius 1 is 1.05 bits per heavy atom. The van der Waals surface area contributed by atoms with Gasteiger partial charge in [0.25, 0.3) is 0 Å². The Morgan fingerprint density at radius 3 is 2.45 bits per heavy atom. The van der Waals surface area contributed by atoms with Gasteiger partial charge in [0, 0.05) is 18.3 Å². The molecule has 0 aromatic carbocycles. The molecule has 3 aliphatic rings. The molecule has 2 aliphatic heterocycles. The molecule has 0 radical (unpaired) electrons. The maximum Gasteiger partial charge on any atom is 0.193 e. The minimum Gasteiger partial charge on any atom is -0.384 e. The molecule has 3 fully saturated rings. The summed E-state index contributed by atoms with van der Waals surface area (Å²) in [5.74, 6) is -1.09. The standard InChI is InChI=1S/C15H26O5/c1-8-4-5-11-9(2)12(16)19-13-15(11,18)10(8)6-7-14(3,17)20-13/h8-13,16-18H,4-7H2,1-3H3/t8-,9-,10+,11+,12?,13?,14?,15?/m1/s1. The average molecular weight is 286 g/mol. The summed E-state index contributed by atoms with van der Waals surface area (Å²) in [4.78, 5) is 0. The van der Waals surface area contributed by atoms with E-state index in [9.17, 15) is 15.3 Å². The highest BCUT2D eigenvalue weighted by atomic mass is 16.8. The van der Waals surface area contributed by atoms with Crippen LogP contribution in [-0.2, 0) is 9.47 Å². The zero-order valence-corrected chi connectivity index (χ0v) is 12.5. The molecule has 20 heavy (non-hydrogen) atoms. The summed E-state index contributed by atoms with van der Waals surface area (Å²) in [6.07, 6.45) is 1.17. The van der Waals surface area contributed by atoms with Crippen LogP contribution in [0.25, 0.3) is 0 Å². The van der Waals surface area contributed by atoms with Crippen LogP contribution in [0.5, 0.6) is 0 Å². The maximum atomic E-state index is 11.4. The van der Waals surface area contributed by atoms with E-state index in [2.05, 4.69) is 6.92 Å². The first kappa shape index (κ1) is 14.7. The Kier molecular flexibility index (Phi) is 3.42. The van der Waals surface area contributed by atoms with Gasteiger partial charge >= 0.3 is 0 Å². The lowest BCUT2D eigenvalue weighted by Gasteiger charge is -2.56. The molecule has 5 nitrogen and oxygen atoms in total. The molecule has 1 aliphatic carbocycles. The van der Waals surface area contributed by atoms with Gasteiger partial charge in [0.1, 0.15) is 5.60 Å². The predicted octanol–water partition coefficient (Wildman–Crippen LogP) is 1.21. The minimum atomic E-state index is -1.32. The van der Waals surface area contributed by atoms with Crippen molar-refractivity contribution < 1.29 is 24.8 Å². The Morgan fingerprint density at radius 2 is 1.75 bits per heavy atom. The number of aliphatic hydroxyl groups excluding tert-OH is 1. The molecule has 0 aromatic rings. The van der Waals surface area contributed by atoms with E-state index in [0.29, 0.717) is 18.8 Å². The van der Waals surface area contributed by atoms with Crippen LogP contribution in [0.4, 0.5) is 0 Å². The van der Waals surface area contributed by atoms with Crippen LogP contribution in [-0.4, -0.2) is 39.3 Å². The fourth-order valence-electron chi connectivity index (χ4n) is 4.55. The van der Waals surface area contributed by atoms with Crippen LogP contribution >= 0.6 is 0 Å². The van der Waals surface area contributed by atoms with Crippen LogP contribution < -0.4 is 0 Å². The molecule has 3 N–H and O–H groups in total. The largest absolute Gasteiger partial charge is 0.384 e. The highest BCUT2D eigenvalue weighted by Crippen LogP contribution is 2.55. The van der Waals surface area contributed by atoms with Crippen molar-refractivity contribution in [2.75, 3.05) is 0 Å². The molecule has 2 heterocycles. The third kappa shape index (κ3) is 2.03. The number of aliphatic hydroxyl groups is 3. The van der Waals surface area contributed by atoms with Gasteiger partial charge < -0.3 is 24.8 Å². The molecule has 0 amide bonds. The van der Waals surface area contributed by atoms with Gasteiger partial charge in [-0.25, -0.2) is 0 Å². The quantitative estimate of drug-likeness (QED) is 0.624. The van der Waals surface area contributed by atoms with E-state index in [1.54, 1.807) is 6.92 Å². The van der Waals surface area contributed by atoms with E-state index >= 15 is 0 Å². The fraction of sp³-hybridized carbons (Fsp3) is 1.00. The number of hydrogen-bond donors (Lipinski definition) is 3. The second-order valence-corrected chi connectivity index (χ2v) is 7.20. The van der Waals surface area contributed by atoms with E-state index in [1.165, 1.54) is 0 Å². The van der Waals surface area contributed by atoms with Gasteiger partial charge in [-0.2, -0.15) is 0 Å². The normalized spacial score (nSPS) is 59.7. The van der Waals surface area contributed by atoms with Crippen molar-refractivity contribution in [1.82, 2.24) is 0 Å². The average Bonchev–Trinajstić information content (AvgIpc) is 2.44. The Bertz CT molecular complexity index is 384. The summed E-state index contributed by atoms with van der Waals surface area (Å²) in [5.41, 5.74) is -1.11. The van der Waals surface area contributed by atoms with Gasteiger partial charge in [0.05, 0.1) is 0 Å². The Balaban J connectivity index is 2.02. The molecule has 0 aromatic heterocycles. The zero-order chi connectivity index (χ0) is 14.7. The van der Waals surface area contributed by atoms with Crippen molar-refractivity contribution in [3.8, 4) is 0 Å². The summed E-state index contributed by atoms with van der Waals surface area (Å²) >= 11 is 0. The van der Waals surface area contributed by atoms with E-state index in [0.717, 1.165) is 12.8 Å². The van der Waals surface area contributed by atoms with Crippen molar-refractivity contribution in [2.45, 2.75) is 70.4 Å². The molecule has 5 heteroatoms. The summed E-state index contributed by atoms with van der Waals surface area (Å²) in [5, 5.41) is 31.7. The summed E-state index contributed by atoms with van der Waals surface area (Å²) in [6, 6.07) is 0. The van der Waals surface area contributed by atoms with E-state index in [4.69, 9.17) is 9.47 Å². The van der Waals surface area contributed by atoms with Gasteiger partial charge in [-0.05, 0) is 38.0 Å². The second kappa shape index (κ2) is 4.65. The number of rotatable bonds is 0. The fourth-order valence-corrected chi connectivity index (χ4v) is 4.55. The molecule has 0 bridgehead atoms. The van der Waals surface area contributed by atoms with Crippen molar-refractivity contribution in [1.29, 1.82) is 0 Å². The summed E-state index contributed by atoms with van der Waals surface area (Å²) in [6.45, 7) is 5.66. The maximum absolute atomic E-state index is 11.4. The van der Waals surface area contributed by atoms with E-state index in [-0.39, 0.29) is 17.8 Å². The van der Waals surface area contributed by atoms with Gasteiger partial charge in [-0.1, -0.05) is 13.8 Å². The zero-order valence-electron chi connectivity index (χ0n) is 12.5. The molecule has 0 spiro atoms. The first-order chi connectivity index (χ1) is 9.25. The predicted molar refractivity (Wildman–Crippen MR) is 71.3 cm³/mol. The lowest BCUT2D eigenvalue weighted by atomic mass is 9.58. The smallest absolute Gasteiger partial charge is 0.193 e. The molecule has 8 atom stereocenters. The van der Waals surface area contributed by atoms with Gasteiger partial charge in [0.2, 0.25) is 0 Å². The molecule has 116 valence electrons. The van der Waals surface area contributed by atoms with Gasteiger partial charge in [-0.3, -0.25) is 0 Å². The van der Waals surface area contributed by atoms with Crippen LogP contribution in [0, 0.1) is 23.7 Å². The first-order valence-corrected chi connectivity index (χ1v) is 7.72. The lowest BCUT2D eigenvalue weighted by molar-refractivity contribution is -0.402. The highest BCUT2D eigenvalue weighted by Gasteiger charge is 2.63. The van der Waals surface area contributed by atoms with Gasteiger partial charge in [-0.15, -0.1) is 0 Å². The molecule has 1 saturated carbocycles.